The molecule has 17 heavy (non-hydrogen) atoms. The van der Waals surface area contributed by atoms with E-state index in [-0.39, 0.29) is 10.9 Å². The molecule has 0 saturated carbocycles. The Hall–Kier alpha value is -2.36. The molecule has 1 heterocycles. The van der Waals surface area contributed by atoms with E-state index in [2.05, 4.69) is 5.16 Å². The molecule has 1 aromatic carbocycles. The number of nitrogens with zero attached hydrogens (tertiary/aromatic N) is 2. The second kappa shape index (κ2) is 4.65. The van der Waals surface area contributed by atoms with Gasteiger partial charge in [0.1, 0.15) is 0 Å². The molecule has 0 unspecified atom stereocenters. The Kier molecular flexibility index (Phi) is 3.05. The van der Waals surface area contributed by atoms with Gasteiger partial charge in [0.25, 0.3) is 5.56 Å². The Morgan fingerprint density at radius 3 is 2.41 bits per heavy atom. The monoisotopic (exact) mass is 228 g/mol. The van der Waals surface area contributed by atoms with Crippen LogP contribution in [-0.2, 0) is 7.05 Å². The molecule has 2 rings (SSSR count). The fourth-order valence-corrected chi connectivity index (χ4v) is 1.61. The fourth-order valence-electron chi connectivity index (χ4n) is 1.61. The number of benzene rings is 1. The normalized spacial score (nSPS) is 11.5. The van der Waals surface area contributed by atoms with Gasteiger partial charge in [-0.25, -0.2) is 0 Å². The van der Waals surface area contributed by atoms with Crippen molar-refractivity contribution in [2.75, 3.05) is 0 Å². The van der Waals surface area contributed by atoms with Crippen LogP contribution in [-0.4, -0.2) is 9.77 Å². The summed E-state index contributed by atoms with van der Waals surface area (Å²) in [7, 11) is 1.63. The third-order valence-electron chi connectivity index (χ3n) is 2.51. The second-order valence-electron chi connectivity index (χ2n) is 3.69. The molecule has 0 aliphatic heterocycles. The summed E-state index contributed by atoms with van der Waals surface area (Å²) >= 11 is 0. The molecule has 0 bridgehead atoms. The highest BCUT2D eigenvalue weighted by Gasteiger charge is 1.98. The van der Waals surface area contributed by atoms with Crippen LogP contribution in [0.4, 0.5) is 0 Å². The number of aryl methyl sites for hydroxylation is 1. The molecule has 4 heteroatoms. The Morgan fingerprint density at radius 1 is 1.06 bits per heavy atom. The Bertz CT molecular complexity index is 646. The zero-order valence-electron chi connectivity index (χ0n) is 9.37. The Morgan fingerprint density at radius 2 is 1.76 bits per heavy atom. The first-order valence-electron chi connectivity index (χ1n) is 5.17. The van der Waals surface area contributed by atoms with Crippen molar-refractivity contribution in [3.8, 4) is 11.1 Å². The van der Waals surface area contributed by atoms with E-state index in [1.807, 2.05) is 30.3 Å². The van der Waals surface area contributed by atoms with Gasteiger partial charge in [-0.1, -0.05) is 41.6 Å². The molecule has 0 amide bonds. The fraction of sp³-hybridized carbons (Fsp3) is 0.0769. The van der Waals surface area contributed by atoms with E-state index in [1.54, 1.807) is 19.3 Å². The van der Waals surface area contributed by atoms with E-state index >= 15 is 0 Å². The third-order valence-corrected chi connectivity index (χ3v) is 2.51. The molecular weight excluding hydrogens is 216 g/mol. The Labute approximate surface area is 98.1 Å². The highest BCUT2D eigenvalue weighted by molar-refractivity contribution is 5.61. The molecule has 0 fully saturated rings. The van der Waals surface area contributed by atoms with Crippen LogP contribution in [0, 0.1) is 0 Å². The minimum Gasteiger partial charge on any atom is -0.410 e. The molecule has 0 saturated heterocycles. The van der Waals surface area contributed by atoms with E-state index in [4.69, 9.17) is 5.21 Å². The number of hydrogen-bond acceptors (Lipinski definition) is 3. The van der Waals surface area contributed by atoms with Gasteiger partial charge in [0.05, 0.1) is 0 Å². The second-order valence-corrected chi connectivity index (χ2v) is 3.69. The van der Waals surface area contributed by atoms with Crippen LogP contribution >= 0.6 is 0 Å². The highest BCUT2D eigenvalue weighted by Crippen LogP contribution is 2.15. The van der Waals surface area contributed by atoms with Crippen LogP contribution in [0.15, 0.2) is 58.6 Å². The van der Waals surface area contributed by atoms with Crippen LogP contribution in [0.3, 0.4) is 0 Å². The van der Waals surface area contributed by atoms with Crippen LogP contribution in [0.5, 0.6) is 0 Å². The van der Waals surface area contributed by atoms with Gasteiger partial charge in [0, 0.05) is 13.2 Å². The first kappa shape index (κ1) is 11.1. The van der Waals surface area contributed by atoms with Gasteiger partial charge in [-0.15, -0.1) is 0 Å². The summed E-state index contributed by atoms with van der Waals surface area (Å²) in [6, 6.07) is 13.0. The summed E-state index contributed by atoms with van der Waals surface area (Å²) in [5, 5.41) is 11.7. The predicted octanol–water partition coefficient (Wildman–Crippen LogP) is 1.34. The van der Waals surface area contributed by atoms with Gasteiger partial charge in [0.15, 0.2) is 5.36 Å². The predicted molar refractivity (Wildman–Crippen MR) is 64.5 cm³/mol. The van der Waals surface area contributed by atoms with Gasteiger partial charge in [-0.3, -0.25) is 4.79 Å². The highest BCUT2D eigenvalue weighted by atomic mass is 16.4. The Balaban J connectivity index is 2.73. The van der Waals surface area contributed by atoms with Crippen molar-refractivity contribution in [2.24, 2.45) is 12.2 Å². The van der Waals surface area contributed by atoms with Crippen molar-refractivity contribution in [3.05, 3.63) is 64.4 Å². The lowest BCUT2D eigenvalue weighted by molar-refractivity contribution is 0.300. The van der Waals surface area contributed by atoms with E-state index < -0.39 is 0 Å². The van der Waals surface area contributed by atoms with Crippen molar-refractivity contribution in [2.45, 2.75) is 0 Å². The van der Waals surface area contributed by atoms with Gasteiger partial charge in [-0.2, -0.15) is 0 Å². The molecule has 0 spiro atoms. The van der Waals surface area contributed by atoms with Crippen LogP contribution in [0.25, 0.3) is 11.1 Å². The summed E-state index contributed by atoms with van der Waals surface area (Å²) in [6.45, 7) is 0. The largest absolute Gasteiger partial charge is 0.410 e. The lowest BCUT2D eigenvalue weighted by Crippen LogP contribution is -2.29. The lowest BCUT2D eigenvalue weighted by atomic mass is 10.1. The van der Waals surface area contributed by atoms with Gasteiger partial charge >= 0.3 is 0 Å². The average Bonchev–Trinajstić information content (AvgIpc) is 2.51. The molecule has 1 N–H and O–H groups in total. The minimum absolute atomic E-state index is 0.0229. The zero-order valence-corrected chi connectivity index (χ0v) is 9.37. The van der Waals surface area contributed by atoms with Crippen molar-refractivity contribution in [3.63, 3.8) is 0 Å². The molecule has 86 valence electrons. The molecule has 0 aliphatic rings. The molecule has 0 atom stereocenters. The third kappa shape index (κ3) is 2.25. The van der Waals surface area contributed by atoms with Gasteiger partial charge < -0.3 is 9.77 Å². The maximum absolute atomic E-state index is 11.7. The first-order chi connectivity index (χ1) is 8.22. The van der Waals surface area contributed by atoms with E-state index in [0.29, 0.717) is 0 Å². The quantitative estimate of drug-likeness (QED) is 0.591. The number of rotatable bonds is 1. The van der Waals surface area contributed by atoms with Gasteiger partial charge in [0.2, 0.25) is 0 Å². The molecule has 0 radical (unpaired) electrons. The standard InChI is InChI=1S/C13H12N2O2/c1-15-9-11(10-5-3-2-4-6-10)7-8-12(14-17)13(15)16/h2-9,17H,1H3. The molecule has 1 aromatic heterocycles. The summed E-state index contributed by atoms with van der Waals surface area (Å²) in [5.74, 6) is 0. The summed E-state index contributed by atoms with van der Waals surface area (Å²) < 4.78 is 1.40. The summed E-state index contributed by atoms with van der Waals surface area (Å²) in [6.07, 6.45) is 1.71. The van der Waals surface area contributed by atoms with Crippen molar-refractivity contribution >= 4 is 0 Å². The van der Waals surface area contributed by atoms with Crippen LogP contribution < -0.4 is 10.9 Å². The van der Waals surface area contributed by atoms with E-state index in [9.17, 15) is 4.79 Å². The van der Waals surface area contributed by atoms with Gasteiger partial charge in [-0.05, 0) is 17.2 Å². The maximum Gasteiger partial charge on any atom is 0.279 e. The summed E-state index contributed by atoms with van der Waals surface area (Å²) in [4.78, 5) is 11.7. The molecule has 2 aromatic rings. The van der Waals surface area contributed by atoms with Crippen LogP contribution in [0.2, 0.25) is 0 Å². The van der Waals surface area contributed by atoms with E-state index in [0.717, 1.165) is 11.1 Å². The smallest absolute Gasteiger partial charge is 0.279 e. The number of hydrogen-bond donors (Lipinski definition) is 1. The molecule has 0 aliphatic carbocycles. The minimum atomic E-state index is -0.338. The molecule has 4 nitrogen and oxygen atoms in total. The first-order valence-corrected chi connectivity index (χ1v) is 5.17. The SMILES string of the molecule is Cn1cc(-c2ccccc2)ccc(=NO)c1=O. The zero-order chi connectivity index (χ0) is 12.3. The van der Waals surface area contributed by atoms with Crippen molar-refractivity contribution in [1.82, 2.24) is 4.57 Å². The van der Waals surface area contributed by atoms with Crippen molar-refractivity contribution < 1.29 is 5.21 Å². The van der Waals surface area contributed by atoms with Crippen molar-refractivity contribution in [1.29, 1.82) is 0 Å². The van der Waals surface area contributed by atoms with Crippen LogP contribution in [0.1, 0.15) is 0 Å². The lowest BCUT2D eigenvalue weighted by Gasteiger charge is -1.98. The average molecular weight is 228 g/mol. The maximum atomic E-state index is 11.7. The van der Waals surface area contributed by atoms with E-state index in [1.165, 1.54) is 10.6 Å². The number of aromatic nitrogens is 1. The molecular formula is C13H12N2O2. The topological polar surface area (TPSA) is 54.6 Å². The summed E-state index contributed by atoms with van der Waals surface area (Å²) in [5.41, 5.74) is 1.55.